The van der Waals surface area contributed by atoms with Gasteiger partial charge in [-0.1, -0.05) is 56.7 Å². The van der Waals surface area contributed by atoms with Crippen molar-refractivity contribution in [1.82, 2.24) is 5.32 Å². The quantitative estimate of drug-likeness (QED) is 0.718. The van der Waals surface area contributed by atoms with Gasteiger partial charge >= 0.3 is 0 Å². The van der Waals surface area contributed by atoms with Gasteiger partial charge in [-0.2, -0.15) is 0 Å². The largest absolute Gasteiger partial charge is 0.313 e. The van der Waals surface area contributed by atoms with Crippen molar-refractivity contribution in [3.05, 3.63) is 48.6 Å². The molecule has 1 aromatic carbocycles. The van der Waals surface area contributed by atoms with Crippen molar-refractivity contribution in [2.24, 2.45) is 5.92 Å². The lowest BCUT2D eigenvalue weighted by Gasteiger charge is -2.29. The van der Waals surface area contributed by atoms with Crippen molar-refractivity contribution in [1.29, 1.82) is 0 Å². The van der Waals surface area contributed by atoms with Gasteiger partial charge < -0.3 is 5.32 Å². The van der Waals surface area contributed by atoms with E-state index < -0.39 is 0 Å². The van der Waals surface area contributed by atoms with Gasteiger partial charge in [0.15, 0.2) is 0 Å². The van der Waals surface area contributed by atoms with Crippen molar-refractivity contribution in [2.75, 3.05) is 7.05 Å². The molecule has 0 aromatic heterocycles. The Morgan fingerprint density at radius 1 is 1.31 bits per heavy atom. The average Bonchev–Trinajstić information content (AvgIpc) is 2.36. The Balaban J connectivity index is 3.00. The molecule has 3 unspecified atom stereocenters. The van der Waals surface area contributed by atoms with Crippen LogP contribution >= 0.6 is 0 Å². The van der Waals surface area contributed by atoms with E-state index in [1.54, 1.807) is 0 Å². The van der Waals surface area contributed by atoms with Gasteiger partial charge in [-0.05, 0) is 18.5 Å². The molecule has 0 saturated carbocycles. The van der Waals surface area contributed by atoms with E-state index in [9.17, 15) is 0 Å². The molecule has 1 nitrogen and oxygen atoms in total. The number of hydrogen-bond acceptors (Lipinski definition) is 1. The molecule has 0 amide bonds. The predicted molar refractivity (Wildman–Crippen MR) is 71.7 cm³/mol. The van der Waals surface area contributed by atoms with Gasteiger partial charge in [0.25, 0.3) is 0 Å². The van der Waals surface area contributed by atoms with Crippen LogP contribution < -0.4 is 5.32 Å². The Bertz CT molecular complexity index is 304. The summed E-state index contributed by atoms with van der Waals surface area (Å²) in [7, 11) is 2.00. The maximum Gasteiger partial charge on any atom is 0.0316 e. The zero-order chi connectivity index (χ0) is 12.0. The fourth-order valence-electron chi connectivity index (χ4n) is 2.26. The summed E-state index contributed by atoms with van der Waals surface area (Å²) in [6, 6.07) is 11.1. The molecule has 0 saturated heterocycles. The van der Waals surface area contributed by atoms with Gasteiger partial charge in [0.2, 0.25) is 0 Å². The van der Waals surface area contributed by atoms with E-state index in [4.69, 9.17) is 0 Å². The average molecular weight is 217 g/mol. The number of likely N-dealkylation sites (N-methyl/N-ethyl adjacent to an activating group) is 1. The summed E-state index contributed by atoms with van der Waals surface area (Å²) >= 11 is 0. The van der Waals surface area contributed by atoms with Gasteiger partial charge in [-0.15, -0.1) is 6.58 Å². The summed E-state index contributed by atoms with van der Waals surface area (Å²) in [4.78, 5) is 0. The lowest BCUT2D eigenvalue weighted by molar-refractivity contribution is 0.386. The van der Waals surface area contributed by atoms with E-state index in [-0.39, 0.29) is 0 Å². The fourth-order valence-corrected chi connectivity index (χ4v) is 2.26. The molecule has 0 aliphatic rings. The highest BCUT2D eigenvalue weighted by Crippen LogP contribution is 2.30. The molecule has 1 rings (SSSR count). The Labute approximate surface area is 99.6 Å². The summed E-state index contributed by atoms with van der Waals surface area (Å²) < 4.78 is 0. The Kier molecular flexibility index (Phi) is 5.27. The predicted octanol–water partition coefficient (Wildman–Crippen LogP) is 3.59. The monoisotopic (exact) mass is 217 g/mol. The van der Waals surface area contributed by atoms with Crippen molar-refractivity contribution in [3.63, 3.8) is 0 Å². The SMILES string of the molecule is C=CC(NC)C(c1ccccc1)C(C)CC. The van der Waals surface area contributed by atoms with Crippen molar-refractivity contribution >= 4 is 0 Å². The van der Waals surface area contributed by atoms with Gasteiger partial charge in [0, 0.05) is 12.0 Å². The molecule has 1 N–H and O–H groups in total. The molecule has 0 bridgehead atoms. The minimum Gasteiger partial charge on any atom is -0.313 e. The van der Waals surface area contributed by atoms with Gasteiger partial charge in [0.05, 0.1) is 0 Å². The van der Waals surface area contributed by atoms with E-state index in [0.29, 0.717) is 17.9 Å². The zero-order valence-electron chi connectivity index (χ0n) is 10.6. The second kappa shape index (κ2) is 6.49. The topological polar surface area (TPSA) is 12.0 Å². The van der Waals surface area contributed by atoms with E-state index in [1.165, 1.54) is 12.0 Å². The van der Waals surface area contributed by atoms with Gasteiger partial charge in [-0.3, -0.25) is 0 Å². The van der Waals surface area contributed by atoms with Crippen LogP contribution in [-0.2, 0) is 0 Å². The fraction of sp³-hybridized carbons (Fsp3) is 0.467. The first-order valence-corrected chi connectivity index (χ1v) is 6.09. The first-order valence-electron chi connectivity index (χ1n) is 6.09. The number of benzene rings is 1. The second-order valence-corrected chi connectivity index (χ2v) is 4.37. The highest BCUT2D eigenvalue weighted by atomic mass is 14.9. The normalized spacial score (nSPS) is 16.4. The minimum absolute atomic E-state index is 0.345. The van der Waals surface area contributed by atoms with E-state index >= 15 is 0 Å². The van der Waals surface area contributed by atoms with Crippen LogP contribution in [0, 0.1) is 5.92 Å². The summed E-state index contributed by atoms with van der Waals surface area (Å²) in [6.45, 7) is 8.49. The maximum atomic E-state index is 3.93. The summed E-state index contributed by atoms with van der Waals surface area (Å²) in [5.41, 5.74) is 1.40. The third-order valence-corrected chi connectivity index (χ3v) is 3.42. The highest BCUT2D eigenvalue weighted by Gasteiger charge is 2.24. The van der Waals surface area contributed by atoms with Gasteiger partial charge in [-0.25, -0.2) is 0 Å². The lowest BCUT2D eigenvalue weighted by atomic mass is 9.80. The lowest BCUT2D eigenvalue weighted by Crippen LogP contribution is -2.33. The number of nitrogens with one attached hydrogen (secondary N) is 1. The van der Waals surface area contributed by atoms with Crippen LogP contribution in [0.5, 0.6) is 0 Å². The van der Waals surface area contributed by atoms with Crippen molar-refractivity contribution in [2.45, 2.75) is 32.2 Å². The molecular weight excluding hydrogens is 194 g/mol. The Morgan fingerprint density at radius 2 is 1.94 bits per heavy atom. The molecule has 0 heterocycles. The smallest absolute Gasteiger partial charge is 0.0316 e. The minimum atomic E-state index is 0.345. The molecule has 0 aliphatic carbocycles. The first kappa shape index (κ1) is 13.0. The highest BCUT2D eigenvalue weighted by molar-refractivity contribution is 5.23. The Hall–Kier alpha value is -1.08. The first-order chi connectivity index (χ1) is 7.74. The standard InChI is InChI=1S/C15H23N/c1-5-12(3)15(14(6-2)16-4)13-10-8-7-9-11-13/h6-12,14-16H,2,5H2,1,3-4H3. The maximum absolute atomic E-state index is 3.93. The van der Waals surface area contributed by atoms with Crippen LogP contribution in [0.2, 0.25) is 0 Å². The second-order valence-electron chi connectivity index (χ2n) is 4.37. The van der Waals surface area contributed by atoms with Crippen LogP contribution in [0.25, 0.3) is 0 Å². The van der Waals surface area contributed by atoms with Crippen molar-refractivity contribution < 1.29 is 0 Å². The van der Waals surface area contributed by atoms with Crippen LogP contribution in [0.15, 0.2) is 43.0 Å². The van der Waals surface area contributed by atoms with E-state index in [1.807, 2.05) is 13.1 Å². The molecular formula is C15H23N. The van der Waals surface area contributed by atoms with E-state index in [0.717, 1.165) is 0 Å². The zero-order valence-corrected chi connectivity index (χ0v) is 10.6. The summed E-state index contributed by atoms with van der Waals surface area (Å²) in [5.74, 6) is 1.16. The van der Waals surface area contributed by atoms with Crippen LogP contribution in [0.3, 0.4) is 0 Å². The third kappa shape index (κ3) is 2.96. The summed E-state index contributed by atoms with van der Waals surface area (Å²) in [6.07, 6.45) is 3.20. The van der Waals surface area contributed by atoms with Crippen molar-refractivity contribution in [3.8, 4) is 0 Å². The summed E-state index contributed by atoms with van der Waals surface area (Å²) in [5, 5.41) is 3.35. The van der Waals surface area contributed by atoms with Crippen LogP contribution in [-0.4, -0.2) is 13.1 Å². The van der Waals surface area contributed by atoms with Gasteiger partial charge in [0.1, 0.15) is 0 Å². The number of rotatable bonds is 6. The Morgan fingerprint density at radius 3 is 2.38 bits per heavy atom. The molecule has 0 fully saturated rings. The third-order valence-electron chi connectivity index (χ3n) is 3.42. The molecule has 88 valence electrons. The van der Waals surface area contributed by atoms with E-state index in [2.05, 4.69) is 56.1 Å². The molecule has 0 spiro atoms. The van der Waals surface area contributed by atoms with Crippen LogP contribution in [0.4, 0.5) is 0 Å². The molecule has 1 aromatic rings. The molecule has 3 atom stereocenters. The molecule has 1 heteroatoms. The molecule has 16 heavy (non-hydrogen) atoms. The van der Waals surface area contributed by atoms with Crippen LogP contribution in [0.1, 0.15) is 31.7 Å². The molecule has 0 radical (unpaired) electrons. The number of hydrogen-bond donors (Lipinski definition) is 1. The molecule has 0 aliphatic heterocycles.